The molecule has 0 bridgehead atoms. The summed E-state index contributed by atoms with van der Waals surface area (Å²) in [5.41, 5.74) is 0. The molecule has 0 aromatic rings. The molecule has 1 saturated carbocycles. The molecule has 1 aliphatic carbocycles. The lowest BCUT2D eigenvalue weighted by atomic mass is 9.82. The van der Waals surface area contributed by atoms with Gasteiger partial charge in [0.05, 0.1) is 0 Å². The predicted octanol–water partition coefficient (Wildman–Crippen LogP) is 2.81. The van der Waals surface area contributed by atoms with Crippen LogP contribution in [0.2, 0.25) is 0 Å². The van der Waals surface area contributed by atoms with Crippen LogP contribution in [-0.4, -0.2) is 5.88 Å². The molecule has 0 aromatic carbocycles. The smallest absolute Gasteiger partial charge is 0.0223 e. The first-order valence-electron chi connectivity index (χ1n) is 3.49. The van der Waals surface area contributed by atoms with E-state index in [2.05, 4.69) is 0 Å². The summed E-state index contributed by atoms with van der Waals surface area (Å²) in [4.78, 5) is 0. The Labute approximate surface area is 56.2 Å². The van der Waals surface area contributed by atoms with Crippen LogP contribution < -0.4 is 0 Å². The van der Waals surface area contributed by atoms with E-state index in [-0.39, 0.29) is 0 Å². The highest BCUT2D eigenvalue weighted by atomic mass is 35.5. The summed E-state index contributed by atoms with van der Waals surface area (Å²) in [6.07, 6.45) is 7.01. The summed E-state index contributed by atoms with van der Waals surface area (Å²) in [7, 11) is 0. The molecule has 0 heterocycles. The van der Waals surface area contributed by atoms with E-state index in [9.17, 15) is 0 Å². The van der Waals surface area contributed by atoms with E-state index in [1.54, 1.807) is 0 Å². The first kappa shape index (κ1) is 6.41. The van der Waals surface area contributed by atoms with Crippen LogP contribution in [0.25, 0.3) is 0 Å². The lowest BCUT2D eigenvalue weighted by molar-refractivity contribution is 0.294. The lowest BCUT2D eigenvalue weighted by Crippen LogP contribution is -2.10. The van der Waals surface area contributed by atoms with Gasteiger partial charge in [0.2, 0.25) is 0 Å². The van der Waals surface area contributed by atoms with Gasteiger partial charge in [0.15, 0.2) is 0 Å². The maximum Gasteiger partial charge on any atom is 0.0223 e. The molecule has 8 heavy (non-hydrogen) atoms. The molecule has 1 heteroatoms. The zero-order valence-corrected chi connectivity index (χ0v) is 5.95. The third-order valence-electron chi connectivity index (χ3n) is 1.97. The van der Waals surface area contributed by atoms with E-state index >= 15 is 0 Å². The van der Waals surface area contributed by atoms with Gasteiger partial charge < -0.3 is 0 Å². The molecule has 1 fully saturated rings. The van der Waals surface area contributed by atoms with Gasteiger partial charge in [-0.1, -0.05) is 19.3 Å². The third kappa shape index (κ3) is 1.66. The van der Waals surface area contributed by atoms with E-state index in [1.165, 1.54) is 32.1 Å². The molecule has 1 rings (SSSR count). The van der Waals surface area contributed by atoms with E-state index in [0.717, 1.165) is 11.8 Å². The Hall–Kier alpha value is 0.290. The van der Waals surface area contributed by atoms with Gasteiger partial charge in [0, 0.05) is 5.88 Å². The number of halogens is 1. The Morgan fingerprint density at radius 3 is 2.50 bits per heavy atom. The molecule has 0 amide bonds. The molecule has 0 atom stereocenters. The molecule has 48 valence electrons. The van der Waals surface area contributed by atoms with Crippen LogP contribution in [0.5, 0.6) is 0 Å². The second-order valence-corrected chi connectivity index (χ2v) is 3.01. The van der Waals surface area contributed by atoms with Crippen molar-refractivity contribution >= 4 is 11.6 Å². The van der Waals surface area contributed by atoms with Gasteiger partial charge >= 0.3 is 0 Å². The topological polar surface area (TPSA) is 0 Å². The Bertz CT molecular complexity index is 57.4. The Balaban J connectivity index is 1.86. The minimum absolute atomic E-state index is 0.858. The predicted molar refractivity (Wildman–Crippen MR) is 37.3 cm³/mol. The first-order valence-corrected chi connectivity index (χ1v) is 4.03. The molecule has 0 unspecified atom stereocenters. The van der Waals surface area contributed by atoms with Crippen molar-refractivity contribution in [3.05, 3.63) is 0 Å². The van der Waals surface area contributed by atoms with Gasteiger partial charge in [-0.05, 0) is 18.8 Å². The van der Waals surface area contributed by atoms with Gasteiger partial charge in [0.25, 0.3) is 0 Å². The van der Waals surface area contributed by atoms with Gasteiger partial charge in [-0.15, -0.1) is 11.6 Å². The molecule has 0 spiro atoms. The Kier molecular flexibility index (Phi) is 2.68. The highest BCUT2D eigenvalue weighted by Gasteiger charge is 2.15. The van der Waals surface area contributed by atoms with Crippen molar-refractivity contribution in [3.8, 4) is 0 Å². The molecular weight excluding hydrogens is 120 g/mol. The van der Waals surface area contributed by atoms with E-state index in [0.29, 0.717) is 0 Å². The maximum atomic E-state index is 5.53. The van der Waals surface area contributed by atoms with Gasteiger partial charge in [0.1, 0.15) is 0 Å². The fourth-order valence-corrected chi connectivity index (χ4v) is 1.30. The summed E-state index contributed by atoms with van der Waals surface area (Å²) in [5, 5.41) is 0. The maximum absolute atomic E-state index is 5.53. The van der Waals surface area contributed by atoms with Crippen LogP contribution >= 0.6 is 11.6 Å². The van der Waals surface area contributed by atoms with E-state index < -0.39 is 0 Å². The minimum Gasteiger partial charge on any atom is -0.127 e. The zero-order chi connectivity index (χ0) is 5.82. The molecule has 1 aliphatic rings. The van der Waals surface area contributed by atoms with Crippen molar-refractivity contribution in [2.75, 3.05) is 5.88 Å². The lowest BCUT2D eigenvalue weighted by Gasteiger charge is -2.24. The number of hydrogen-bond donors (Lipinski definition) is 0. The summed E-state index contributed by atoms with van der Waals surface area (Å²) in [6.45, 7) is 0. The Morgan fingerprint density at radius 1 is 1.38 bits per heavy atom. The summed E-state index contributed by atoms with van der Waals surface area (Å²) >= 11 is 5.53. The normalized spacial score (nSPS) is 20.6. The average Bonchev–Trinajstić information content (AvgIpc) is 1.63. The minimum atomic E-state index is 0.858. The SMILES string of the molecule is ClCCCC1CCC1. The highest BCUT2D eigenvalue weighted by molar-refractivity contribution is 6.17. The van der Waals surface area contributed by atoms with Crippen molar-refractivity contribution in [2.24, 2.45) is 5.92 Å². The molecule has 0 nitrogen and oxygen atoms in total. The van der Waals surface area contributed by atoms with Gasteiger partial charge in [-0.25, -0.2) is 0 Å². The number of alkyl halides is 1. The summed E-state index contributed by atoms with van der Waals surface area (Å²) in [6, 6.07) is 0. The van der Waals surface area contributed by atoms with Crippen molar-refractivity contribution in [1.29, 1.82) is 0 Å². The van der Waals surface area contributed by atoms with Crippen LogP contribution in [0.1, 0.15) is 32.1 Å². The van der Waals surface area contributed by atoms with Crippen LogP contribution in [0, 0.1) is 5.92 Å². The van der Waals surface area contributed by atoms with Crippen molar-refractivity contribution in [3.63, 3.8) is 0 Å². The van der Waals surface area contributed by atoms with Crippen LogP contribution in [0.15, 0.2) is 0 Å². The molecule has 0 N–H and O–H groups in total. The highest BCUT2D eigenvalue weighted by Crippen LogP contribution is 2.30. The number of hydrogen-bond acceptors (Lipinski definition) is 0. The first-order chi connectivity index (χ1) is 3.93. The summed E-state index contributed by atoms with van der Waals surface area (Å²) < 4.78 is 0. The standard InChI is InChI=1S/C7H13Cl/c8-6-2-5-7-3-1-4-7/h7H,1-6H2. The quantitative estimate of drug-likeness (QED) is 0.518. The average molecular weight is 133 g/mol. The van der Waals surface area contributed by atoms with Crippen LogP contribution in [0.3, 0.4) is 0 Å². The van der Waals surface area contributed by atoms with Crippen molar-refractivity contribution in [2.45, 2.75) is 32.1 Å². The monoisotopic (exact) mass is 132 g/mol. The fraction of sp³-hybridized carbons (Fsp3) is 1.00. The van der Waals surface area contributed by atoms with Crippen molar-refractivity contribution < 1.29 is 0 Å². The largest absolute Gasteiger partial charge is 0.127 e. The third-order valence-corrected chi connectivity index (χ3v) is 2.24. The molecule has 0 radical (unpaired) electrons. The molecular formula is C7H13Cl. The van der Waals surface area contributed by atoms with Crippen LogP contribution in [0.4, 0.5) is 0 Å². The fourth-order valence-electron chi connectivity index (χ4n) is 1.15. The van der Waals surface area contributed by atoms with Gasteiger partial charge in [-0.2, -0.15) is 0 Å². The van der Waals surface area contributed by atoms with Crippen molar-refractivity contribution in [1.82, 2.24) is 0 Å². The van der Waals surface area contributed by atoms with Crippen LogP contribution in [-0.2, 0) is 0 Å². The van der Waals surface area contributed by atoms with E-state index in [4.69, 9.17) is 11.6 Å². The second kappa shape index (κ2) is 3.34. The molecule has 0 saturated heterocycles. The zero-order valence-electron chi connectivity index (χ0n) is 5.20. The number of rotatable bonds is 3. The second-order valence-electron chi connectivity index (χ2n) is 2.63. The van der Waals surface area contributed by atoms with E-state index in [1.807, 2.05) is 0 Å². The molecule has 0 aliphatic heterocycles. The van der Waals surface area contributed by atoms with Gasteiger partial charge in [-0.3, -0.25) is 0 Å². The summed E-state index contributed by atoms with van der Waals surface area (Å²) in [5.74, 6) is 1.91. The Morgan fingerprint density at radius 2 is 2.12 bits per heavy atom. The molecule has 0 aromatic heterocycles.